The summed E-state index contributed by atoms with van der Waals surface area (Å²) in [4.78, 5) is 19.4. The quantitative estimate of drug-likeness (QED) is 0.313. The van der Waals surface area contributed by atoms with Gasteiger partial charge in [0, 0.05) is 65.5 Å². The normalized spacial score (nSPS) is 15.3. The number of amides is 1. The number of nitrogens with one attached hydrogen (secondary N) is 1. The second-order valence-electron chi connectivity index (χ2n) is 8.87. The number of pyridine rings is 1. The van der Waals surface area contributed by atoms with Crippen LogP contribution in [0.4, 0.5) is 13.2 Å². The summed E-state index contributed by atoms with van der Waals surface area (Å²) in [5, 5.41) is 11.5. The SMILES string of the molecule is C=C(C#N)/C=C\C(=C)CNC(=O)c1cnc2c(c1)CN(Cc1ccc(C(F)(F)F)cc1)[C@H]2C(C)C.[HH].[Y]. The predicted octanol–water partition coefficient (Wildman–Crippen LogP) is 5.98. The van der Waals surface area contributed by atoms with Gasteiger partial charge in [-0.05, 0) is 46.9 Å². The molecular formula is C27H29F3N4OY. The second-order valence-corrected chi connectivity index (χ2v) is 8.87. The third kappa shape index (κ3) is 7.45. The number of fused-ring (bicyclic) bond motifs is 1. The topological polar surface area (TPSA) is 69.0 Å². The number of hydrogen-bond acceptors (Lipinski definition) is 4. The molecule has 2 aromatic rings. The van der Waals surface area contributed by atoms with E-state index in [1.165, 1.54) is 18.2 Å². The molecule has 1 aromatic carbocycles. The van der Waals surface area contributed by atoms with Gasteiger partial charge in [0.15, 0.2) is 0 Å². The number of rotatable bonds is 8. The van der Waals surface area contributed by atoms with Crippen LogP contribution in [-0.2, 0) is 52.0 Å². The number of alkyl halides is 3. The van der Waals surface area contributed by atoms with Gasteiger partial charge >= 0.3 is 6.18 Å². The molecule has 2 heterocycles. The maximum Gasteiger partial charge on any atom is 0.416 e. The summed E-state index contributed by atoms with van der Waals surface area (Å²) in [5.74, 6) is -0.0765. The first-order valence-corrected chi connectivity index (χ1v) is 11.1. The number of hydrogen-bond donors (Lipinski definition) is 1. The van der Waals surface area contributed by atoms with E-state index in [9.17, 15) is 18.0 Å². The minimum absolute atomic E-state index is 0. The van der Waals surface area contributed by atoms with Crippen molar-refractivity contribution in [2.45, 2.75) is 39.2 Å². The van der Waals surface area contributed by atoms with Gasteiger partial charge in [0.1, 0.15) is 0 Å². The van der Waals surface area contributed by atoms with E-state index in [4.69, 9.17) is 5.26 Å². The van der Waals surface area contributed by atoms with Crippen LogP contribution < -0.4 is 5.32 Å². The summed E-state index contributed by atoms with van der Waals surface area (Å²) in [5.41, 5.74) is 3.24. The molecule has 1 N–H and O–H groups in total. The molecule has 0 aliphatic carbocycles. The average molecular weight is 571 g/mol. The fraction of sp³-hybridized carbons (Fsp3) is 0.296. The van der Waals surface area contributed by atoms with E-state index in [0.29, 0.717) is 29.8 Å². The molecule has 0 saturated heterocycles. The molecule has 36 heavy (non-hydrogen) atoms. The Labute approximate surface area is 236 Å². The van der Waals surface area contributed by atoms with Crippen molar-refractivity contribution in [2.24, 2.45) is 5.92 Å². The molecule has 0 fully saturated rings. The zero-order chi connectivity index (χ0) is 25.8. The molecule has 0 unspecified atom stereocenters. The Morgan fingerprint density at radius 3 is 2.56 bits per heavy atom. The molecule has 187 valence electrons. The maximum atomic E-state index is 12.9. The first-order valence-electron chi connectivity index (χ1n) is 11.1. The van der Waals surface area contributed by atoms with Crippen LogP contribution in [-0.4, -0.2) is 22.3 Å². The number of halogens is 3. The second kappa shape index (κ2) is 12.6. The van der Waals surface area contributed by atoms with Gasteiger partial charge in [-0.3, -0.25) is 14.7 Å². The van der Waals surface area contributed by atoms with Gasteiger partial charge in [0.2, 0.25) is 0 Å². The number of nitrogens with zero attached hydrogens (tertiary/aromatic N) is 3. The monoisotopic (exact) mass is 571 g/mol. The van der Waals surface area contributed by atoms with Crippen molar-refractivity contribution in [3.05, 3.63) is 101 Å². The molecule has 1 aliphatic heterocycles. The molecule has 3 rings (SSSR count). The summed E-state index contributed by atoms with van der Waals surface area (Å²) >= 11 is 0. The molecule has 1 atom stereocenters. The molecule has 1 aliphatic rings. The Balaban J connectivity index is 0.00000342. The van der Waals surface area contributed by atoms with Crippen molar-refractivity contribution in [3.63, 3.8) is 0 Å². The number of benzene rings is 1. The minimum atomic E-state index is -4.36. The average Bonchev–Trinajstić information content (AvgIpc) is 3.17. The van der Waals surface area contributed by atoms with Crippen LogP contribution in [0.25, 0.3) is 0 Å². The van der Waals surface area contributed by atoms with E-state index < -0.39 is 11.7 Å². The smallest absolute Gasteiger partial charge is 0.348 e. The van der Waals surface area contributed by atoms with Gasteiger partial charge in [0.05, 0.1) is 28.9 Å². The third-order valence-electron chi connectivity index (χ3n) is 5.75. The van der Waals surface area contributed by atoms with Crippen molar-refractivity contribution >= 4 is 5.91 Å². The summed E-state index contributed by atoms with van der Waals surface area (Å²) in [6, 6.07) is 8.92. The molecule has 9 heteroatoms. The van der Waals surface area contributed by atoms with Crippen molar-refractivity contribution in [2.75, 3.05) is 6.54 Å². The van der Waals surface area contributed by atoms with Gasteiger partial charge in [-0.25, -0.2) is 0 Å². The molecule has 0 spiro atoms. The number of nitriles is 1. The van der Waals surface area contributed by atoms with E-state index >= 15 is 0 Å². The van der Waals surface area contributed by atoms with Crippen molar-refractivity contribution in [3.8, 4) is 6.07 Å². The first-order chi connectivity index (χ1) is 16.5. The number of aromatic nitrogens is 1. The van der Waals surface area contributed by atoms with E-state index in [1.54, 1.807) is 12.3 Å². The van der Waals surface area contributed by atoms with Gasteiger partial charge in [-0.2, -0.15) is 18.4 Å². The van der Waals surface area contributed by atoms with Gasteiger partial charge in [-0.15, -0.1) is 0 Å². The van der Waals surface area contributed by atoms with Crippen LogP contribution in [0.1, 0.15) is 54.1 Å². The molecule has 1 radical (unpaired) electrons. The standard InChI is InChI=1S/C27H27F3N4O.Y.H2/c1-17(2)25-24-22(16-34(25)15-20-7-9-23(10-8-20)27(28,29)30)11-21(14-32-24)26(35)33-13-19(4)6-5-18(3)12-31;;/h5-11,14,17,25H,3-4,13,15-16H2,1-2H3,(H,33,35);;1H/b6-5-;;/t25-;;/m0../s1. The van der Waals surface area contributed by atoms with Gasteiger partial charge in [-0.1, -0.05) is 45.2 Å². The third-order valence-corrected chi connectivity index (χ3v) is 5.75. The van der Waals surface area contributed by atoms with Crippen molar-refractivity contribution in [1.29, 1.82) is 5.26 Å². The van der Waals surface area contributed by atoms with Crippen LogP contribution in [0.2, 0.25) is 0 Å². The molecule has 1 amide bonds. The van der Waals surface area contributed by atoms with Gasteiger partial charge < -0.3 is 5.32 Å². The van der Waals surface area contributed by atoms with E-state index in [-0.39, 0.29) is 58.5 Å². The van der Waals surface area contributed by atoms with Crippen LogP contribution in [0.5, 0.6) is 0 Å². The van der Waals surface area contributed by atoms with E-state index in [0.717, 1.165) is 29.0 Å². The predicted molar refractivity (Wildman–Crippen MR) is 130 cm³/mol. The molecular weight excluding hydrogens is 542 g/mol. The van der Waals surface area contributed by atoms with Gasteiger partial charge in [0.25, 0.3) is 5.91 Å². The Bertz CT molecular complexity index is 1200. The summed E-state index contributed by atoms with van der Waals surface area (Å²) in [7, 11) is 0. The zero-order valence-corrected chi connectivity index (χ0v) is 23.1. The maximum absolute atomic E-state index is 12.9. The molecule has 0 saturated carbocycles. The van der Waals surface area contributed by atoms with Crippen molar-refractivity contribution < 1.29 is 52.1 Å². The number of carbonyl (C=O) groups is 1. The van der Waals surface area contributed by atoms with E-state index in [2.05, 4.69) is 42.2 Å². The fourth-order valence-electron chi connectivity index (χ4n) is 4.06. The molecule has 1 aromatic heterocycles. The van der Waals surface area contributed by atoms with E-state index in [1.807, 2.05) is 12.1 Å². The fourth-order valence-corrected chi connectivity index (χ4v) is 4.06. The van der Waals surface area contributed by atoms with Crippen LogP contribution >= 0.6 is 0 Å². The Hall–Kier alpha value is -2.60. The Kier molecular flexibility index (Phi) is 10.4. The number of allylic oxidation sites excluding steroid dienone is 2. The summed E-state index contributed by atoms with van der Waals surface area (Å²) < 4.78 is 38.7. The number of carbonyl (C=O) groups excluding carboxylic acids is 1. The van der Waals surface area contributed by atoms with Crippen LogP contribution in [0.15, 0.2) is 73.0 Å². The minimum Gasteiger partial charge on any atom is -0.348 e. The summed E-state index contributed by atoms with van der Waals surface area (Å²) in [6.45, 7) is 12.8. The molecule has 5 nitrogen and oxygen atoms in total. The largest absolute Gasteiger partial charge is 0.416 e. The first kappa shape index (κ1) is 29.6. The summed E-state index contributed by atoms with van der Waals surface area (Å²) in [6.07, 6.45) is 0.334. The van der Waals surface area contributed by atoms with Crippen LogP contribution in [0, 0.1) is 17.2 Å². The zero-order valence-electron chi connectivity index (χ0n) is 20.3. The van der Waals surface area contributed by atoms with Crippen LogP contribution in [0.3, 0.4) is 0 Å². The Morgan fingerprint density at radius 1 is 1.31 bits per heavy atom. The van der Waals surface area contributed by atoms with Crippen molar-refractivity contribution in [1.82, 2.24) is 15.2 Å². The molecule has 0 bridgehead atoms. The Morgan fingerprint density at radius 2 is 1.97 bits per heavy atom.